The third-order valence-electron chi connectivity index (χ3n) is 5.41. The number of nitrogens with one attached hydrogen (secondary N) is 1. The molecule has 0 fully saturated rings. The lowest BCUT2D eigenvalue weighted by Gasteiger charge is -2.26. The number of carbonyl (C=O) groups is 1. The predicted molar refractivity (Wildman–Crippen MR) is 126 cm³/mol. The third-order valence-corrected chi connectivity index (χ3v) is 7.78. The normalized spacial score (nSPS) is 14.0. The van der Waals surface area contributed by atoms with Crippen molar-refractivity contribution in [2.24, 2.45) is 0 Å². The summed E-state index contributed by atoms with van der Waals surface area (Å²) in [4.78, 5) is 12.4. The second-order valence-electron chi connectivity index (χ2n) is 7.84. The van der Waals surface area contributed by atoms with E-state index in [1.165, 1.54) is 31.2 Å². The summed E-state index contributed by atoms with van der Waals surface area (Å²) in [7, 11) is -6.99. The maximum atomic E-state index is 14.7. The van der Waals surface area contributed by atoms with E-state index in [1.807, 2.05) is 0 Å². The highest BCUT2D eigenvalue weighted by atomic mass is 35.5. The number of sulfonamides is 1. The molecule has 188 valence electrons. The lowest BCUT2D eigenvalue weighted by atomic mass is 9.88. The number of halogens is 2. The summed E-state index contributed by atoms with van der Waals surface area (Å²) in [6.07, 6.45) is 0.785. The molecule has 2 rings (SSSR count). The van der Waals surface area contributed by atoms with Gasteiger partial charge in [-0.15, -0.1) is 0 Å². The standard InChI is InChI=1S/C22H27ClFNO7S2/c1-13-6-8-18(24)20(14(13)2)15(3)21(22(26)31-4)25-34(29,30)19-9-7-17(23)12-16(19)10-11-32-33(5,27)28/h6-9,12,15,21,25H,10-11H2,1-5H3. The van der Waals surface area contributed by atoms with Gasteiger partial charge in [0.15, 0.2) is 0 Å². The van der Waals surface area contributed by atoms with E-state index < -0.39 is 43.9 Å². The van der Waals surface area contributed by atoms with Crippen LogP contribution in [0.2, 0.25) is 5.02 Å². The van der Waals surface area contributed by atoms with Crippen molar-refractivity contribution in [1.29, 1.82) is 0 Å². The fourth-order valence-corrected chi connectivity index (χ4v) is 5.65. The molecule has 0 saturated heterocycles. The molecule has 1 N–H and O–H groups in total. The van der Waals surface area contributed by atoms with Crippen molar-refractivity contribution in [2.75, 3.05) is 20.0 Å². The molecule has 2 aromatic rings. The van der Waals surface area contributed by atoms with Gasteiger partial charge in [0, 0.05) is 10.9 Å². The zero-order chi connectivity index (χ0) is 25.8. The van der Waals surface area contributed by atoms with Crippen molar-refractivity contribution in [3.05, 3.63) is 63.4 Å². The summed E-state index contributed by atoms with van der Waals surface area (Å²) >= 11 is 6.00. The second-order valence-corrected chi connectivity index (χ2v) is 11.6. The quantitative estimate of drug-likeness (QED) is 0.367. The highest BCUT2D eigenvalue weighted by Crippen LogP contribution is 2.30. The second kappa shape index (κ2) is 11.1. The fourth-order valence-electron chi connectivity index (χ4n) is 3.55. The van der Waals surface area contributed by atoms with Crippen LogP contribution >= 0.6 is 11.6 Å². The number of rotatable bonds is 10. The first-order valence-corrected chi connectivity index (χ1v) is 13.8. The van der Waals surface area contributed by atoms with E-state index in [9.17, 15) is 26.0 Å². The highest BCUT2D eigenvalue weighted by molar-refractivity contribution is 7.89. The Kier molecular flexibility index (Phi) is 9.23. The van der Waals surface area contributed by atoms with E-state index >= 15 is 0 Å². The van der Waals surface area contributed by atoms with Gasteiger partial charge in [0.2, 0.25) is 10.0 Å². The SMILES string of the molecule is COC(=O)C(NS(=O)(=O)c1ccc(Cl)cc1CCOS(C)(=O)=O)C(C)c1c(F)ccc(C)c1C. The number of aryl methyl sites for hydroxylation is 1. The first-order chi connectivity index (χ1) is 15.7. The predicted octanol–water partition coefficient (Wildman–Crippen LogP) is 3.24. The summed E-state index contributed by atoms with van der Waals surface area (Å²) < 4.78 is 75.7. The van der Waals surface area contributed by atoms with Crippen molar-refractivity contribution in [1.82, 2.24) is 4.72 Å². The number of benzene rings is 2. The summed E-state index contributed by atoms with van der Waals surface area (Å²) in [5.41, 5.74) is 1.74. The molecule has 0 saturated carbocycles. The van der Waals surface area contributed by atoms with Crippen molar-refractivity contribution in [3.63, 3.8) is 0 Å². The summed E-state index contributed by atoms with van der Waals surface area (Å²) in [5.74, 6) is -2.38. The molecule has 2 unspecified atom stereocenters. The largest absolute Gasteiger partial charge is 0.468 e. The van der Waals surface area contributed by atoms with Gasteiger partial charge in [-0.3, -0.25) is 8.98 Å². The van der Waals surface area contributed by atoms with Gasteiger partial charge >= 0.3 is 5.97 Å². The van der Waals surface area contributed by atoms with Crippen molar-refractivity contribution in [2.45, 2.75) is 44.0 Å². The van der Waals surface area contributed by atoms with Crippen LogP contribution in [0.5, 0.6) is 0 Å². The smallest absolute Gasteiger partial charge is 0.324 e. The summed E-state index contributed by atoms with van der Waals surface area (Å²) in [5, 5.41) is 0.226. The van der Waals surface area contributed by atoms with Gasteiger partial charge in [-0.1, -0.05) is 24.6 Å². The Balaban J connectivity index is 2.47. The van der Waals surface area contributed by atoms with Gasteiger partial charge < -0.3 is 4.74 Å². The van der Waals surface area contributed by atoms with E-state index in [1.54, 1.807) is 19.9 Å². The maximum Gasteiger partial charge on any atom is 0.324 e. The van der Waals surface area contributed by atoms with Gasteiger partial charge in [-0.25, -0.2) is 12.8 Å². The number of ether oxygens (including phenoxy) is 1. The van der Waals surface area contributed by atoms with Gasteiger partial charge in [-0.05, 0) is 66.8 Å². The maximum absolute atomic E-state index is 14.7. The Morgan fingerprint density at radius 1 is 1.15 bits per heavy atom. The van der Waals surface area contributed by atoms with Gasteiger partial charge in [0.05, 0.1) is 24.9 Å². The molecule has 0 aromatic heterocycles. The number of esters is 1. The number of hydrogen-bond donors (Lipinski definition) is 1. The Bertz CT molecular complexity index is 1280. The molecule has 2 aromatic carbocycles. The van der Waals surface area contributed by atoms with Gasteiger partial charge in [-0.2, -0.15) is 13.1 Å². The van der Waals surface area contributed by atoms with Crippen molar-refractivity contribution >= 4 is 37.7 Å². The van der Waals surface area contributed by atoms with E-state index in [0.29, 0.717) is 5.56 Å². The average Bonchev–Trinajstić information content (AvgIpc) is 2.73. The van der Waals surface area contributed by atoms with Crippen LogP contribution in [0.3, 0.4) is 0 Å². The number of hydrogen-bond acceptors (Lipinski definition) is 7. The molecule has 0 spiro atoms. The van der Waals surface area contributed by atoms with E-state index in [4.69, 9.17) is 20.5 Å². The topological polar surface area (TPSA) is 116 Å². The Morgan fingerprint density at radius 3 is 2.38 bits per heavy atom. The molecule has 0 amide bonds. The molecule has 0 radical (unpaired) electrons. The van der Waals surface area contributed by atoms with Crippen LogP contribution in [0.15, 0.2) is 35.2 Å². The molecule has 0 aliphatic heterocycles. The van der Waals surface area contributed by atoms with Gasteiger partial charge in [0.25, 0.3) is 10.1 Å². The molecule has 0 aliphatic carbocycles. The molecule has 12 heteroatoms. The van der Waals surface area contributed by atoms with Crippen LogP contribution in [-0.4, -0.2) is 48.8 Å². The van der Waals surface area contributed by atoms with E-state index in [0.717, 1.165) is 18.9 Å². The van der Waals surface area contributed by atoms with Crippen LogP contribution < -0.4 is 4.72 Å². The van der Waals surface area contributed by atoms with Crippen LogP contribution in [0.1, 0.15) is 35.1 Å². The van der Waals surface area contributed by atoms with Crippen LogP contribution in [-0.2, 0) is 40.3 Å². The molecule has 0 bridgehead atoms. The van der Waals surface area contributed by atoms with Crippen LogP contribution in [0, 0.1) is 19.7 Å². The average molecular weight is 536 g/mol. The Morgan fingerprint density at radius 2 is 1.79 bits per heavy atom. The van der Waals surface area contributed by atoms with E-state index in [-0.39, 0.29) is 34.1 Å². The molecular formula is C22H27ClFNO7S2. The Hall–Kier alpha value is -2.05. The minimum atomic E-state index is -4.35. The molecule has 34 heavy (non-hydrogen) atoms. The van der Waals surface area contributed by atoms with Crippen molar-refractivity contribution in [3.8, 4) is 0 Å². The fraction of sp³-hybridized carbons (Fsp3) is 0.409. The first-order valence-electron chi connectivity index (χ1n) is 10.2. The number of carbonyl (C=O) groups excluding carboxylic acids is 1. The lowest BCUT2D eigenvalue weighted by Crippen LogP contribution is -2.45. The zero-order valence-electron chi connectivity index (χ0n) is 19.4. The molecule has 8 nitrogen and oxygen atoms in total. The van der Waals surface area contributed by atoms with E-state index in [2.05, 4.69) is 4.72 Å². The summed E-state index contributed by atoms with van der Waals surface area (Å²) in [6.45, 7) is 4.68. The lowest BCUT2D eigenvalue weighted by molar-refractivity contribution is -0.143. The molecular weight excluding hydrogens is 509 g/mol. The van der Waals surface area contributed by atoms with Crippen LogP contribution in [0.25, 0.3) is 0 Å². The first kappa shape index (κ1) is 28.2. The minimum absolute atomic E-state index is 0.0894. The molecule has 0 heterocycles. The number of methoxy groups -OCH3 is 1. The summed E-state index contributed by atoms with van der Waals surface area (Å²) in [6, 6.07) is 5.35. The monoisotopic (exact) mass is 535 g/mol. The van der Waals surface area contributed by atoms with Crippen molar-refractivity contribution < 1.29 is 34.9 Å². The molecule has 0 aliphatic rings. The minimum Gasteiger partial charge on any atom is -0.468 e. The molecule has 2 atom stereocenters. The van der Waals surface area contributed by atoms with Gasteiger partial charge in [0.1, 0.15) is 11.9 Å². The highest BCUT2D eigenvalue weighted by Gasteiger charge is 2.35. The zero-order valence-corrected chi connectivity index (χ0v) is 21.8. The van der Waals surface area contributed by atoms with Crippen LogP contribution in [0.4, 0.5) is 4.39 Å². The third kappa shape index (κ3) is 6.98. The Labute approximate surface area is 204 Å².